The Hall–Kier alpha value is -2.82. The molecule has 0 aliphatic carbocycles. The molecule has 0 aliphatic heterocycles. The maximum atomic E-state index is 11.9. The summed E-state index contributed by atoms with van der Waals surface area (Å²) in [6.07, 6.45) is 3.19. The summed E-state index contributed by atoms with van der Waals surface area (Å²) in [6.45, 7) is 5.19. The van der Waals surface area contributed by atoms with Gasteiger partial charge in [0.05, 0.1) is 6.04 Å². The van der Waals surface area contributed by atoms with Crippen LogP contribution in [-0.2, 0) is 9.59 Å². The summed E-state index contributed by atoms with van der Waals surface area (Å²) < 4.78 is 5.48. The van der Waals surface area contributed by atoms with Gasteiger partial charge in [0.25, 0.3) is 0 Å². The second kappa shape index (κ2) is 7.45. The molecule has 2 aromatic rings. The SMILES string of the molecule is CC(=O)Nc1ccc(/C=C/C(=O)NC(C)c2ccc(C)o2)cc1. The normalized spacial score (nSPS) is 12.1. The molecule has 0 spiro atoms. The fourth-order valence-electron chi connectivity index (χ4n) is 2.07. The molecule has 120 valence electrons. The Kier molecular flexibility index (Phi) is 5.36. The van der Waals surface area contributed by atoms with Gasteiger partial charge in [0, 0.05) is 18.7 Å². The van der Waals surface area contributed by atoms with Gasteiger partial charge in [0.15, 0.2) is 0 Å². The molecule has 0 saturated heterocycles. The van der Waals surface area contributed by atoms with Crippen LogP contribution in [-0.4, -0.2) is 11.8 Å². The smallest absolute Gasteiger partial charge is 0.244 e. The van der Waals surface area contributed by atoms with Crippen molar-refractivity contribution in [2.75, 3.05) is 5.32 Å². The van der Waals surface area contributed by atoms with Crippen LogP contribution in [0.3, 0.4) is 0 Å². The number of furan rings is 1. The van der Waals surface area contributed by atoms with Crippen molar-refractivity contribution in [1.82, 2.24) is 5.32 Å². The molecule has 1 atom stereocenters. The number of hydrogen-bond donors (Lipinski definition) is 2. The summed E-state index contributed by atoms with van der Waals surface area (Å²) in [6, 6.07) is 10.8. The van der Waals surface area contributed by atoms with Crippen molar-refractivity contribution >= 4 is 23.6 Å². The zero-order valence-corrected chi connectivity index (χ0v) is 13.4. The number of carbonyl (C=O) groups is 2. The highest BCUT2D eigenvalue weighted by molar-refractivity contribution is 5.92. The van der Waals surface area contributed by atoms with Crippen LogP contribution in [0.25, 0.3) is 6.08 Å². The number of carbonyl (C=O) groups excluding carboxylic acids is 2. The summed E-state index contributed by atoms with van der Waals surface area (Å²) in [4.78, 5) is 22.9. The zero-order chi connectivity index (χ0) is 16.8. The first-order valence-electron chi connectivity index (χ1n) is 7.36. The Morgan fingerprint density at radius 2 is 1.83 bits per heavy atom. The van der Waals surface area contributed by atoms with Gasteiger partial charge < -0.3 is 15.1 Å². The molecule has 0 bridgehead atoms. The third kappa shape index (κ3) is 5.14. The first-order valence-corrected chi connectivity index (χ1v) is 7.36. The molecular formula is C18H20N2O3. The molecule has 2 amide bonds. The van der Waals surface area contributed by atoms with Crippen LogP contribution in [0.15, 0.2) is 46.9 Å². The number of anilines is 1. The van der Waals surface area contributed by atoms with Crippen LogP contribution >= 0.6 is 0 Å². The van der Waals surface area contributed by atoms with Gasteiger partial charge >= 0.3 is 0 Å². The van der Waals surface area contributed by atoms with Crippen molar-refractivity contribution in [3.63, 3.8) is 0 Å². The molecule has 5 nitrogen and oxygen atoms in total. The largest absolute Gasteiger partial charge is 0.464 e. The Bertz CT molecular complexity index is 714. The van der Waals surface area contributed by atoms with E-state index in [1.165, 1.54) is 13.0 Å². The van der Waals surface area contributed by atoms with E-state index in [9.17, 15) is 9.59 Å². The van der Waals surface area contributed by atoms with Crippen LogP contribution in [0.4, 0.5) is 5.69 Å². The van der Waals surface area contributed by atoms with Gasteiger partial charge in [-0.05, 0) is 49.8 Å². The highest BCUT2D eigenvalue weighted by atomic mass is 16.3. The lowest BCUT2D eigenvalue weighted by molar-refractivity contribution is -0.117. The van der Waals surface area contributed by atoms with E-state index >= 15 is 0 Å². The third-order valence-electron chi connectivity index (χ3n) is 3.20. The number of hydrogen-bond acceptors (Lipinski definition) is 3. The van der Waals surface area contributed by atoms with Crippen LogP contribution in [0.2, 0.25) is 0 Å². The van der Waals surface area contributed by atoms with Crippen LogP contribution in [0, 0.1) is 6.92 Å². The summed E-state index contributed by atoms with van der Waals surface area (Å²) >= 11 is 0. The molecule has 2 N–H and O–H groups in total. The van der Waals surface area contributed by atoms with Gasteiger partial charge in [-0.25, -0.2) is 0 Å². The number of nitrogens with one attached hydrogen (secondary N) is 2. The Labute approximate surface area is 135 Å². The summed E-state index contributed by atoms with van der Waals surface area (Å²) in [7, 11) is 0. The molecule has 1 aromatic heterocycles. The average Bonchev–Trinajstić information content (AvgIpc) is 2.93. The third-order valence-corrected chi connectivity index (χ3v) is 3.20. The van der Waals surface area contributed by atoms with E-state index in [-0.39, 0.29) is 17.9 Å². The van der Waals surface area contributed by atoms with E-state index in [0.29, 0.717) is 0 Å². The highest BCUT2D eigenvalue weighted by Gasteiger charge is 2.10. The Morgan fingerprint density at radius 3 is 2.39 bits per heavy atom. The molecule has 2 rings (SSSR count). The van der Waals surface area contributed by atoms with E-state index in [2.05, 4.69) is 10.6 Å². The minimum absolute atomic E-state index is 0.116. The summed E-state index contributed by atoms with van der Waals surface area (Å²) in [5, 5.41) is 5.53. The number of amides is 2. The van der Waals surface area contributed by atoms with Crippen molar-refractivity contribution < 1.29 is 14.0 Å². The van der Waals surface area contributed by atoms with Gasteiger partial charge in [0.2, 0.25) is 11.8 Å². The van der Waals surface area contributed by atoms with E-state index in [1.807, 2.05) is 38.1 Å². The molecule has 1 aromatic carbocycles. The number of benzene rings is 1. The van der Waals surface area contributed by atoms with Gasteiger partial charge in [-0.2, -0.15) is 0 Å². The molecule has 1 heterocycles. The topological polar surface area (TPSA) is 71.3 Å². The van der Waals surface area contributed by atoms with E-state index in [1.54, 1.807) is 18.2 Å². The molecule has 1 unspecified atom stereocenters. The first-order chi connectivity index (χ1) is 10.9. The van der Waals surface area contributed by atoms with Crippen molar-refractivity contribution in [2.24, 2.45) is 0 Å². The van der Waals surface area contributed by atoms with Crippen molar-refractivity contribution in [3.8, 4) is 0 Å². The monoisotopic (exact) mass is 312 g/mol. The van der Waals surface area contributed by atoms with E-state index in [4.69, 9.17) is 4.42 Å². The summed E-state index contributed by atoms with van der Waals surface area (Å²) in [5.74, 6) is 1.23. The molecule has 0 radical (unpaired) electrons. The van der Waals surface area contributed by atoms with Crippen molar-refractivity contribution in [1.29, 1.82) is 0 Å². The quantitative estimate of drug-likeness (QED) is 0.831. The maximum Gasteiger partial charge on any atom is 0.244 e. The molecule has 0 fully saturated rings. The first kappa shape index (κ1) is 16.5. The molecule has 0 aliphatic rings. The predicted octanol–water partition coefficient (Wildman–Crippen LogP) is 3.44. The maximum absolute atomic E-state index is 11.9. The lowest BCUT2D eigenvalue weighted by atomic mass is 10.2. The minimum atomic E-state index is -0.197. The standard InChI is InChI=1S/C18H20N2O3/c1-12-4-10-17(23-12)13(2)19-18(22)11-7-15-5-8-16(9-6-15)20-14(3)21/h4-11,13H,1-3H3,(H,19,22)(H,20,21)/b11-7+. The fraction of sp³-hybridized carbons (Fsp3) is 0.222. The van der Waals surface area contributed by atoms with Gasteiger partial charge in [-0.3, -0.25) is 9.59 Å². The minimum Gasteiger partial charge on any atom is -0.464 e. The fourth-order valence-corrected chi connectivity index (χ4v) is 2.07. The lowest BCUT2D eigenvalue weighted by Crippen LogP contribution is -2.24. The lowest BCUT2D eigenvalue weighted by Gasteiger charge is -2.09. The number of rotatable bonds is 5. The van der Waals surface area contributed by atoms with Crippen LogP contribution in [0.1, 0.15) is 37.0 Å². The van der Waals surface area contributed by atoms with Gasteiger partial charge in [0.1, 0.15) is 11.5 Å². The van der Waals surface area contributed by atoms with E-state index < -0.39 is 0 Å². The van der Waals surface area contributed by atoms with Gasteiger partial charge in [-0.1, -0.05) is 12.1 Å². The van der Waals surface area contributed by atoms with Gasteiger partial charge in [-0.15, -0.1) is 0 Å². The summed E-state index contributed by atoms with van der Waals surface area (Å²) in [5.41, 5.74) is 1.59. The molecule has 5 heteroatoms. The van der Waals surface area contributed by atoms with E-state index in [0.717, 1.165) is 22.8 Å². The Balaban J connectivity index is 1.91. The van der Waals surface area contributed by atoms with Crippen LogP contribution in [0.5, 0.6) is 0 Å². The second-order valence-corrected chi connectivity index (χ2v) is 5.32. The second-order valence-electron chi connectivity index (χ2n) is 5.32. The van der Waals surface area contributed by atoms with Crippen molar-refractivity contribution in [3.05, 3.63) is 59.6 Å². The zero-order valence-electron chi connectivity index (χ0n) is 13.4. The molecule has 23 heavy (non-hydrogen) atoms. The highest BCUT2D eigenvalue weighted by Crippen LogP contribution is 2.15. The molecular weight excluding hydrogens is 292 g/mol. The predicted molar refractivity (Wildman–Crippen MR) is 89.8 cm³/mol. The average molecular weight is 312 g/mol. The Morgan fingerprint density at radius 1 is 1.13 bits per heavy atom. The molecule has 0 saturated carbocycles. The number of aryl methyl sites for hydroxylation is 1. The van der Waals surface area contributed by atoms with Crippen molar-refractivity contribution in [2.45, 2.75) is 26.8 Å². The van der Waals surface area contributed by atoms with Crippen LogP contribution < -0.4 is 10.6 Å².